The Morgan fingerprint density at radius 3 is 2.91 bits per heavy atom. The summed E-state index contributed by atoms with van der Waals surface area (Å²) in [5.74, 6) is -0.493. The number of nitrogens with zero attached hydrogens (tertiary/aromatic N) is 4. The number of hydrogen-bond donors (Lipinski definition) is 1. The lowest BCUT2D eigenvalue weighted by molar-refractivity contribution is 0.140. The first kappa shape index (κ1) is 14.1. The van der Waals surface area contributed by atoms with Crippen LogP contribution in [-0.2, 0) is 0 Å². The quantitative estimate of drug-likeness (QED) is 0.599. The van der Waals surface area contributed by atoms with Gasteiger partial charge < -0.3 is 0 Å². The Morgan fingerprint density at radius 2 is 2.13 bits per heavy atom. The van der Waals surface area contributed by atoms with Gasteiger partial charge in [0.2, 0.25) is 5.82 Å². The fraction of sp³-hybridized carbons (Fsp3) is 0.133. The van der Waals surface area contributed by atoms with Gasteiger partial charge in [0.05, 0.1) is 16.7 Å². The van der Waals surface area contributed by atoms with Crippen LogP contribution in [-0.4, -0.2) is 24.8 Å². The molecule has 0 unspecified atom stereocenters. The van der Waals surface area contributed by atoms with Crippen LogP contribution >= 0.6 is 11.6 Å². The SMILES string of the molecule is Cc1ccn2nc(C(F)F)nc2c1-c1cc(Cl)c2[nH]ncc2c1. The lowest BCUT2D eigenvalue weighted by atomic mass is 10.0. The van der Waals surface area contributed by atoms with Crippen LogP contribution in [0.4, 0.5) is 8.78 Å². The van der Waals surface area contributed by atoms with Crippen molar-refractivity contribution in [3.8, 4) is 11.1 Å². The minimum Gasteiger partial charge on any atom is -0.276 e. The minimum absolute atomic E-state index is 0.374. The van der Waals surface area contributed by atoms with Crippen LogP contribution in [0.2, 0.25) is 5.02 Å². The number of benzene rings is 1. The van der Waals surface area contributed by atoms with E-state index in [-0.39, 0.29) is 0 Å². The third-order valence-corrected chi connectivity index (χ3v) is 4.01. The molecule has 0 saturated heterocycles. The Hall–Kier alpha value is -2.54. The van der Waals surface area contributed by atoms with Crippen molar-refractivity contribution >= 4 is 28.2 Å². The number of alkyl halides is 2. The summed E-state index contributed by atoms with van der Waals surface area (Å²) in [6.45, 7) is 1.89. The molecule has 0 aliphatic carbocycles. The number of halogens is 3. The standard InChI is InChI=1S/C15H10ClF2N5/c1-7-2-3-23-15(20-14(22-23)13(17)18)11(7)8-4-9-6-19-21-12(9)10(16)5-8/h2-6,13H,1H3,(H,19,21). The lowest BCUT2D eigenvalue weighted by Crippen LogP contribution is -1.93. The third-order valence-electron chi connectivity index (χ3n) is 3.72. The first-order chi connectivity index (χ1) is 11.0. The maximum absolute atomic E-state index is 12.9. The van der Waals surface area contributed by atoms with Crippen LogP contribution < -0.4 is 0 Å². The van der Waals surface area contributed by atoms with Crippen molar-refractivity contribution in [2.45, 2.75) is 13.3 Å². The average molecular weight is 334 g/mol. The van der Waals surface area contributed by atoms with Crippen LogP contribution in [0.15, 0.2) is 30.6 Å². The van der Waals surface area contributed by atoms with E-state index in [1.165, 1.54) is 4.52 Å². The third kappa shape index (κ3) is 2.16. The number of aromatic amines is 1. The van der Waals surface area contributed by atoms with Crippen LogP contribution in [0.1, 0.15) is 17.8 Å². The fourth-order valence-electron chi connectivity index (χ4n) is 2.66. The first-order valence-corrected chi connectivity index (χ1v) is 7.19. The highest BCUT2D eigenvalue weighted by atomic mass is 35.5. The molecule has 23 heavy (non-hydrogen) atoms. The van der Waals surface area contributed by atoms with Gasteiger partial charge in [-0.2, -0.15) is 5.10 Å². The molecule has 116 valence electrons. The smallest absolute Gasteiger partial charge is 0.276 e. The van der Waals surface area contributed by atoms with E-state index in [0.717, 1.165) is 27.6 Å². The topological polar surface area (TPSA) is 58.9 Å². The Bertz CT molecular complexity index is 1040. The van der Waals surface area contributed by atoms with Gasteiger partial charge in [-0.05, 0) is 36.2 Å². The zero-order chi connectivity index (χ0) is 16.1. The summed E-state index contributed by atoms with van der Waals surface area (Å²) in [5, 5.41) is 11.9. The van der Waals surface area contributed by atoms with Gasteiger partial charge in [-0.25, -0.2) is 18.3 Å². The zero-order valence-corrected chi connectivity index (χ0v) is 12.6. The number of nitrogens with one attached hydrogen (secondary N) is 1. The molecule has 0 aliphatic heterocycles. The molecule has 3 aromatic heterocycles. The molecule has 0 saturated carbocycles. The molecule has 3 heterocycles. The Morgan fingerprint density at radius 1 is 1.30 bits per heavy atom. The van der Waals surface area contributed by atoms with Crippen LogP contribution in [0.3, 0.4) is 0 Å². The molecule has 4 aromatic rings. The highest BCUT2D eigenvalue weighted by Gasteiger charge is 2.18. The average Bonchev–Trinajstić information content (AvgIpc) is 3.13. The highest BCUT2D eigenvalue weighted by molar-refractivity contribution is 6.35. The van der Waals surface area contributed by atoms with Gasteiger partial charge in [0.1, 0.15) is 0 Å². The summed E-state index contributed by atoms with van der Waals surface area (Å²) in [4.78, 5) is 3.98. The van der Waals surface area contributed by atoms with Gasteiger partial charge in [0.15, 0.2) is 5.65 Å². The number of pyridine rings is 1. The predicted molar refractivity (Wildman–Crippen MR) is 82.8 cm³/mol. The largest absolute Gasteiger partial charge is 0.299 e. The number of rotatable bonds is 2. The van der Waals surface area contributed by atoms with Gasteiger partial charge in [-0.1, -0.05) is 11.6 Å². The van der Waals surface area contributed by atoms with Gasteiger partial charge in [0, 0.05) is 17.1 Å². The van der Waals surface area contributed by atoms with Crippen molar-refractivity contribution in [3.05, 3.63) is 47.0 Å². The molecule has 4 rings (SSSR count). The molecule has 0 spiro atoms. The van der Waals surface area contributed by atoms with Gasteiger partial charge in [0.25, 0.3) is 6.43 Å². The second-order valence-electron chi connectivity index (χ2n) is 5.20. The molecule has 8 heteroatoms. The van der Waals surface area contributed by atoms with E-state index >= 15 is 0 Å². The molecule has 0 amide bonds. The highest BCUT2D eigenvalue weighted by Crippen LogP contribution is 2.33. The molecule has 5 nitrogen and oxygen atoms in total. The van der Waals surface area contributed by atoms with Crippen LogP contribution in [0.25, 0.3) is 27.7 Å². The second kappa shape index (κ2) is 4.99. The first-order valence-electron chi connectivity index (χ1n) is 6.81. The van der Waals surface area contributed by atoms with Crippen molar-refractivity contribution in [1.29, 1.82) is 0 Å². The molecule has 0 fully saturated rings. The normalized spacial score (nSPS) is 11.9. The van der Waals surface area contributed by atoms with E-state index in [9.17, 15) is 8.78 Å². The van der Waals surface area contributed by atoms with Crippen LogP contribution in [0.5, 0.6) is 0 Å². The monoisotopic (exact) mass is 333 g/mol. The van der Waals surface area contributed by atoms with Gasteiger partial charge >= 0.3 is 0 Å². The molecule has 1 aromatic carbocycles. The van der Waals surface area contributed by atoms with Crippen molar-refractivity contribution in [1.82, 2.24) is 24.8 Å². The maximum atomic E-state index is 12.9. The molecule has 1 N–H and O–H groups in total. The van der Waals surface area contributed by atoms with E-state index in [2.05, 4.69) is 20.3 Å². The molecule has 0 radical (unpaired) electrons. The molecule has 0 atom stereocenters. The van der Waals surface area contributed by atoms with Crippen molar-refractivity contribution in [3.63, 3.8) is 0 Å². The van der Waals surface area contributed by atoms with E-state index in [1.54, 1.807) is 24.5 Å². The summed E-state index contributed by atoms with van der Waals surface area (Å²) >= 11 is 6.28. The summed E-state index contributed by atoms with van der Waals surface area (Å²) < 4.78 is 27.2. The molecule has 0 aliphatic rings. The minimum atomic E-state index is -2.72. The zero-order valence-electron chi connectivity index (χ0n) is 11.9. The number of aromatic nitrogens is 5. The van der Waals surface area contributed by atoms with Crippen molar-refractivity contribution < 1.29 is 8.78 Å². The maximum Gasteiger partial charge on any atom is 0.299 e. The second-order valence-corrected chi connectivity index (χ2v) is 5.61. The van der Waals surface area contributed by atoms with Crippen molar-refractivity contribution in [2.75, 3.05) is 0 Å². The number of hydrogen-bond acceptors (Lipinski definition) is 3. The Labute approximate surface area is 133 Å². The Balaban J connectivity index is 2.04. The lowest BCUT2D eigenvalue weighted by Gasteiger charge is -2.08. The van der Waals surface area contributed by atoms with E-state index in [4.69, 9.17) is 11.6 Å². The van der Waals surface area contributed by atoms with E-state index < -0.39 is 12.2 Å². The van der Waals surface area contributed by atoms with Crippen LogP contribution in [0, 0.1) is 6.92 Å². The van der Waals surface area contributed by atoms with Crippen molar-refractivity contribution in [2.24, 2.45) is 0 Å². The Kier molecular flexibility index (Phi) is 3.05. The predicted octanol–water partition coefficient (Wildman–Crippen LogP) is 4.17. The summed E-state index contributed by atoms with van der Waals surface area (Å²) in [7, 11) is 0. The summed E-state index contributed by atoms with van der Waals surface area (Å²) in [6, 6.07) is 5.46. The number of H-pyrrole nitrogens is 1. The number of aryl methyl sites for hydroxylation is 1. The molecular weight excluding hydrogens is 324 g/mol. The fourth-order valence-corrected chi connectivity index (χ4v) is 2.93. The summed E-state index contributed by atoms with van der Waals surface area (Å²) in [6.07, 6.45) is 0.558. The van der Waals surface area contributed by atoms with Gasteiger partial charge in [-0.3, -0.25) is 5.10 Å². The number of fused-ring (bicyclic) bond motifs is 2. The molecular formula is C15H10ClF2N5. The summed E-state index contributed by atoms with van der Waals surface area (Å²) in [5.41, 5.74) is 3.50. The van der Waals surface area contributed by atoms with Gasteiger partial charge in [-0.15, -0.1) is 5.10 Å². The van der Waals surface area contributed by atoms with E-state index in [0.29, 0.717) is 10.7 Å². The van der Waals surface area contributed by atoms with E-state index in [1.807, 2.05) is 13.0 Å². The molecule has 0 bridgehead atoms.